The third-order valence-corrected chi connectivity index (χ3v) is 8.79. The van der Waals surface area contributed by atoms with Crippen molar-refractivity contribution in [3.63, 3.8) is 0 Å². The average Bonchev–Trinajstić information content (AvgIpc) is 3.29. The minimum Gasteiger partial charge on any atom is -0.480 e. The molecular formula is C46H42N6O10. The Morgan fingerprint density at radius 1 is 0.419 bits per heavy atom. The first kappa shape index (κ1) is 46.5. The summed E-state index contributed by atoms with van der Waals surface area (Å²) in [5, 5.41) is 49.9. The van der Waals surface area contributed by atoms with E-state index < -0.39 is 35.9 Å². The first-order chi connectivity index (χ1) is 29.8. The normalized spacial score (nSPS) is 10.6. The summed E-state index contributed by atoms with van der Waals surface area (Å²) in [5.41, 5.74) is 10.9. The molecule has 62 heavy (non-hydrogen) atoms. The van der Waals surface area contributed by atoms with Crippen LogP contribution in [0.2, 0.25) is 0 Å². The molecule has 0 aliphatic heterocycles. The molecule has 0 aliphatic rings. The number of carboxylic acid groups (broad SMARTS) is 5. The van der Waals surface area contributed by atoms with Gasteiger partial charge in [-0.1, -0.05) is 103 Å². The Kier molecular flexibility index (Phi) is 17.5. The highest BCUT2D eigenvalue weighted by atomic mass is 16.4. The zero-order valence-electron chi connectivity index (χ0n) is 33.0. The van der Waals surface area contributed by atoms with Crippen LogP contribution in [0, 0.1) is 0 Å². The van der Waals surface area contributed by atoms with Gasteiger partial charge < -0.3 is 37.0 Å². The van der Waals surface area contributed by atoms with E-state index in [0.717, 1.165) is 34.4 Å². The highest BCUT2D eigenvalue weighted by molar-refractivity contribution is 6.03. The second-order valence-corrected chi connectivity index (χ2v) is 13.0. The van der Waals surface area contributed by atoms with E-state index in [9.17, 15) is 24.0 Å². The summed E-state index contributed by atoms with van der Waals surface area (Å²) in [6.45, 7) is 0.604. The predicted molar refractivity (Wildman–Crippen MR) is 233 cm³/mol. The topological polar surface area (TPSA) is 290 Å². The molecule has 8 aromatic rings. The predicted octanol–water partition coefficient (Wildman–Crippen LogP) is 7.26. The van der Waals surface area contributed by atoms with Crippen molar-refractivity contribution >= 4 is 72.9 Å². The number of aromatic carboxylic acids is 4. The number of pyridine rings is 4. The molecule has 1 atom stereocenters. The molecule has 0 aliphatic carbocycles. The summed E-state index contributed by atoms with van der Waals surface area (Å²) >= 11 is 0. The van der Waals surface area contributed by atoms with Crippen molar-refractivity contribution in [1.82, 2.24) is 19.9 Å². The third-order valence-electron chi connectivity index (χ3n) is 8.79. The maximum absolute atomic E-state index is 10.8. The van der Waals surface area contributed by atoms with E-state index in [1.165, 1.54) is 24.8 Å². The number of nitrogens with two attached hydrogens (primary N) is 2. The minimum absolute atomic E-state index is 0.109. The molecule has 0 saturated carbocycles. The average molecular weight is 839 g/mol. The maximum atomic E-state index is 10.8. The Labute approximate surface area is 353 Å². The second-order valence-electron chi connectivity index (χ2n) is 13.0. The molecule has 4 heterocycles. The van der Waals surface area contributed by atoms with Crippen LogP contribution in [0.25, 0.3) is 43.1 Å². The van der Waals surface area contributed by atoms with Crippen LogP contribution in [-0.2, 0) is 4.79 Å². The van der Waals surface area contributed by atoms with E-state index in [0.29, 0.717) is 34.5 Å². The number of rotatable bonds is 9. The van der Waals surface area contributed by atoms with Gasteiger partial charge in [0.05, 0.1) is 0 Å². The lowest BCUT2D eigenvalue weighted by Crippen LogP contribution is -2.29. The van der Waals surface area contributed by atoms with Crippen LogP contribution in [0.1, 0.15) is 61.2 Å². The number of nitrogens with zero attached hydrogens (tertiary/aromatic N) is 4. The Bertz CT molecular complexity index is 2440. The molecule has 0 saturated heterocycles. The van der Waals surface area contributed by atoms with Gasteiger partial charge in [0.1, 0.15) is 6.04 Å². The first-order valence-corrected chi connectivity index (χ1v) is 18.8. The zero-order chi connectivity index (χ0) is 45.0. The van der Waals surface area contributed by atoms with Crippen molar-refractivity contribution in [2.75, 3.05) is 6.54 Å². The van der Waals surface area contributed by atoms with Crippen LogP contribution in [0.15, 0.2) is 146 Å². The number of fused-ring (bicyclic) bond motifs is 4. The van der Waals surface area contributed by atoms with E-state index in [-0.39, 0.29) is 22.8 Å². The van der Waals surface area contributed by atoms with Crippen LogP contribution in [0.4, 0.5) is 0 Å². The molecule has 8 rings (SSSR count). The molecular weight excluding hydrogens is 797 g/mol. The van der Waals surface area contributed by atoms with Crippen LogP contribution < -0.4 is 11.5 Å². The summed E-state index contributed by atoms with van der Waals surface area (Å²) < 4.78 is 0. The molecule has 1 unspecified atom stereocenters. The zero-order valence-corrected chi connectivity index (χ0v) is 33.0. The van der Waals surface area contributed by atoms with Gasteiger partial charge in [0.2, 0.25) is 0 Å². The van der Waals surface area contributed by atoms with Crippen molar-refractivity contribution in [2.24, 2.45) is 11.5 Å². The van der Waals surface area contributed by atoms with Crippen molar-refractivity contribution in [3.05, 3.63) is 169 Å². The van der Waals surface area contributed by atoms with E-state index in [1.54, 1.807) is 72.8 Å². The van der Waals surface area contributed by atoms with Crippen LogP contribution >= 0.6 is 0 Å². The molecule has 0 fully saturated rings. The van der Waals surface area contributed by atoms with Crippen molar-refractivity contribution in [1.29, 1.82) is 0 Å². The number of carboxylic acids is 5. The van der Waals surface area contributed by atoms with Gasteiger partial charge in [-0.05, 0) is 65.2 Å². The number of carbonyl (C=O) groups is 5. The molecule has 9 N–H and O–H groups in total. The minimum atomic E-state index is -0.989. The standard InChI is InChI=1S/4C10H7NO2.C6H14N2O2/c4*12-10(13)9-8-4-2-1-3-7(8)5-6-11-9;7-4-2-1-3-5(8)6(9)10/h4*1-6H,(H,12,13);5H,1-4,7-8H2,(H,9,10). The highest BCUT2D eigenvalue weighted by Crippen LogP contribution is 2.18. The van der Waals surface area contributed by atoms with Gasteiger partial charge in [0, 0.05) is 46.3 Å². The summed E-state index contributed by atoms with van der Waals surface area (Å²) in [6.07, 6.45) is 8.19. The molecule has 0 radical (unpaired) electrons. The number of unbranched alkanes of at least 4 members (excludes halogenated alkanes) is 1. The Morgan fingerprint density at radius 2 is 0.677 bits per heavy atom. The Hall–Kier alpha value is -8.21. The summed E-state index contributed by atoms with van der Waals surface area (Å²) in [7, 11) is 0. The maximum Gasteiger partial charge on any atom is 0.355 e. The second kappa shape index (κ2) is 23.4. The number of hydrogen-bond donors (Lipinski definition) is 7. The molecule has 0 spiro atoms. The van der Waals surface area contributed by atoms with Gasteiger partial charge in [0.15, 0.2) is 22.8 Å². The summed E-state index contributed by atoms with van der Waals surface area (Å²) in [5.74, 6) is -4.89. The summed E-state index contributed by atoms with van der Waals surface area (Å²) in [4.78, 5) is 68.4. The SMILES string of the molecule is NCCCCC(N)C(=O)O.O=C(O)c1nccc2ccccc12.O=C(O)c1nccc2ccccc12.O=C(O)c1nccc2ccccc12.O=C(O)c1nccc2ccccc12. The number of aliphatic carboxylic acids is 1. The lowest BCUT2D eigenvalue weighted by Gasteiger charge is -2.03. The molecule has 4 aromatic carbocycles. The molecule has 4 aromatic heterocycles. The van der Waals surface area contributed by atoms with Gasteiger partial charge in [-0.2, -0.15) is 0 Å². The molecule has 0 amide bonds. The number of aromatic nitrogens is 4. The van der Waals surface area contributed by atoms with Crippen LogP contribution in [-0.4, -0.2) is 87.9 Å². The van der Waals surface area contributed by atoms with Crippen LogP contribution in [0.5, 0.6) is 0 Å². The fraction of sp³-hybridized carbons (Fsp3) is 0.109. The molecule has 16 nitrogen and oxygen atoms in total. The fourth-order valence-electron chi connectivity index (χ4n) is 5.79. The van der Waals surface area contributed by atoms with Gasteiger partial charge in [-0.15, -0.1) is 0 Å². The van der Waals surface area contributed by atoms with Crippen molar-refractivity contribution in [2.45, 2.75) is 25.3 Å². The van der Waals surface area contributed by atoms with Crippen molar-refractivity contribution in [3.8, 4) is 0 Å². The van der Waals surface area contributed by atoms with E-state index in [1.807, 2.05) is 48.5 Å². The van der Waals surface area contributed by atoms with Gasteiger partial charge >= 0.3 is 29.8 Å². The quantitative estimate of drug-likeness (QED) is 0.0704. The van der Waals surface area contributed by atoms with E-state index in [4.69, 9.17) is 37.0 Å². The van der Waals surface area contributed by atoms with Gasteiger partial charge in [-0.3, -0.25) is 4.79 Å². The highest BCUT2D eigenvalue weighted by Gasteiger charge is 2.11. The van der Waals surface area contributed by atoms with Gasteiger partial charge in [-0.25, -0.2) is 39.1 Å². The Morgan fingerprint density at radius 3 is 0.903 bits per heavy atom. The fourth-order valence-corrected chi connectivity index (χ4v) is 5.79. The van der Waals surface area contributed by atoms with E-state index >= 15 is 0 Å². The summed E-state index contributed by atoms with van der Waals surface area (Å²) in [6, 6.07) is 35.6. The lowest BCUT2D eigenvalue weighted by molar-refractivity contribution is -0.138. The monoisotopic (exact) mass is 838 g/mol. The van der Waals surface area contributed by atoms with Crippen molar-refractivity contribution < 1.29 is 49.5 Å². The molecule has 16 heteroatoms. The molecule has 316 valence electrons. The largest absolute Gasteiger partial charge is 0.480 e. The van der Waals surface area contributed by atoms with E-state index in [2.05, 4.69) is 19.9 Å². The first-order valence-electron chi connectivity index (χ1n) is 18.8. The lowest BCUT2D eigenvalue weighted by atomic mass is 10.1. The van der Waals surface area contributed by atoms with Crippen LogP contribution in [0.3, 0.4) is 0 Å². The third kappa shape index (κ3) is 13.2. The smallest absolute Gasteiger partial charge is 0.355 e. The van der Waals surface area contributed by atoms with Gasteiger partial charge in [0.25, 0.3) is 0 Å². The number of hydrogen-bond acceptors (Lipinski definition) is 11. The number of benzene rings is 4. The Balaban J connectivity index is 0.000000171. The molecule has 0 bridgehead atoms.